The molecule has 0 aliphatic rings. The number of nitrogens with zero attached hydrogens (tertiary/aromatic N) is 1. The number of carboxylic acid groups (broad SMARTS) is 1. The van der Waals surface area contributed by atoms with Gasteiger partial charge in [-0.3, -0.25) is 4.79 Å². The van der Waals surface area contributed by atoms with Gasteiger partial charge < -0.3 is 10.0 Å². The standard InChI is InChI=1S/C11H14FNO2/c1-13(8-2-3-11(14)15)10-6-4-9(12)5-7-10/h4-7H,2-3,8H2,1H3,(H,14,15). The first-order chi connectivity index (χ1) is 7.09. The van der Waals surface area contributed by atoms with Crippen LogP contribution in [0.3, 0.4) is 0 Å². The van der Waals surface area contributed by atoms with Crippen LogP contribution < -0.4 is 4.90 Å². The number of rotatable bonds is 5. The number of halogens is 1. The smallest absolute Gasteiger partial charge is 0.303 e. The number of carbonyl (C=O) groups is 1. The van der Waals surface area contributed by atoms with Crippen LogP contribution in [0.5, 0.6) is 0 Å². The molecule has 82 valence electrons. The maximum Gasteiger partial charge on any atom is 0.303 e. The lowest BCUT2D eigenvalue weighted by atomic mass is 10.2. The zero-order chi connectivity index (χ0) is 11.3. The molecule has 15 heavy (non-hydrogen) atoms. The molecule has 0 fully saturated rings. The van der Waals surface area contributed by atoms with Gasteiger partial charge in [0, 0.05) is 25.7 Å². The van der Waals surface area contributed by atoms with E-state index in [1.807, 2.05) is 11.9 Å². The highest BCUT2D eigenvalue weighted by Gasteiger charge is 2.02. The minimum Gasteiger partial charge on any atom is -0.481 e. The fraction of sp³-hybridized carbons (Fsp3) is 0.364. The molecule has 0 atom stereocenters. The Balaban J connectivity index is 2.43. The molecule has 0 unspecified atom stereocenters. The van der Waals surface area contributed by atoms with Crippen molar-refractivity contribution >= 4 is 11.7 Å². The Kier molecular flexibility index (Phi) is 4.09. The first-order valence-electron chi connectivity index (χ1n) is 4.78. The third-order valence-electron chi connectivity index (χ3n) is 2.15. The van der Waals surface area contributed by atoms with E-state index in [-0.39, 0.29) is 12.2 Å². The van der Waals surface area contributed by atoms with Gasteiger partial charge in [0.1, 0.15) is 5.82 Å². The number of anilines is 1. The Hall–Kier alpha value is -1.58. The van der Waals surface area contributed by atoms with Gasteiger partial charge >= 0.3 is 5.97 Å². The Labute approximate surface area is 88.1 Å². The van der Waals surface area contributed by atoms with Gasteiger partial charge in [0.25, 0.3) is 0 Å². The van der Waals surface area contributed by atoms with Crippen molar-refractivity contribution in [3.63, 3.8) is 0 Å². The van der Waals surface area contributed by atoms with Gasteiger partial charge in [-0.1, -0.05) is 0 Å². The molecule has 1 aromatic rings. The van der Waals surface area contributed by atoms with Gasteiger partial charge in [-0.2, -0.15) is 0 Å². The van der Waals surface area contributed by atoms with Gasteiger partial charge in [-0.05, 0) is 30.7 Å². The van der Waals surface area contributed by atoms with E-state index < -0.39 is 5.97 Å². The van der Waals surface area contributed by atoms with Crippen molar-refractivity contribution in [1.29, 1.82) is 0 Å². The topological polar surface area (TPSA) is 40.5 Å². The van der Waals surface area contributed by atoms with Crippen LogP contribution in [0, 0.1) is 5.82 Å². The summed E-state index contributed by atoms with van der Waals surface area (Å²) in [7, 11) is 1.86. The maximum absolute atomic E-state index is 12.6. The number of carboxylic acids is 1. The Morgan fingerprint density at radius 2 is 2.00 bits per heavy atom. The van der Waals surface area contributed by atoms with Crippen LogP contribution in [0.4, 0.5) is 10.1 Å². The molecule has 1 N–H and O–H groups in total. The molecule has 1 rings (SSSR count). The lowest BCUT2D eigenvalue weighted by Crippen LogP contribution is -2.19. The molecule has 3 nitrogen and oxygen atoms in total. The summed E-state index contributed by atoms with van der Waals surface area (Å²) in [6, 6.07) is 6.14. The first kappa shape index (κ1) is 11.5. The van der Waals surface area contributed by atoms with Crippen molar-refractivity contribution in [2.45, 2.75) is 12.8 Å². The van der Waals surface area contributed by atoms with Crippen molar-refractivity contribution in [1.82, 2.24) is 0 Å². The molecule has 0 aromatic heterocycles. The summed E-state index contributed by atoms with van der Waals surface area (Å²) in [5.41, 5.74) is 0.891. The molecule has 0 radical (unpaired) electrons. The Morgan fingerprint density at radius 3 is 2.53 bits per heavy atom. The average molecular weight is 211 g/mol. The Morgan fingerprint density at radius 1 is 1.40 bits per heavy atom. The quantitative estimate of drug-likeness (QED) is 0.811. The normalized spacial score (nSPS) is 10.0. The SMILES string of the molecule is CN(CCCC(=O)O)c1ccc(F)cc1. The summed E-state index contributed by atoms with van der Waals surface area (Å²) in [6.45, 7) is 0.651. The van der Waals surface area contributed by atoms with Crippen molar-refractivity contribution < 1.29 is 14.3 Å². The molecule has 0 heterocycles. The largest absolute Gasteiger partial charge is 0.481 e. The average Bonchev–Trinajstić information content (AvgIpc) is 2.18. The van der Waals surface area contributed by atoms with Gasteiger partial charge in [0.15, 0.2) is 0 Å². The molecule has 0 amide bonds. The lowest BCUT2D eigenvalue weighted by molar-refractivity contribution is -0.137. The fourth-order valence-corrected chi connectivity index (χ4v) is 1.29. The highest BCUT2D eigenvalue weighted by atomic mass is 19.1. The van der Waals surface area contributed by atoms with Crippen LogP contribution in [0.2, 0.25) is 0 Å². The van der Waals surface area contributed by atoms with Crippen LogP contribution in [0.1, 0.15) is 12.8 Å². The third kappa shape index (κ3) is 3.97. The van der Waals surface area contributed by atoms with E-state index in [9.17, 15) is 9.18 Å². The van der Waals surface area contributed by atoms with Crippen molar-refractivity contribution in [3.05, 3.63) is 30.1 Å². The second-order valence-corrected chi connectivity index (χ2v) is 3.40. The second kappa shape index (κ2) is 5.34. The molecule has 0 aliphatic carbocycles. The van der Waals surface area contributed by atoms with E-state index in [2.05, 4.69) is 0 Å². The van der Waals surface area contributed by atoms with E-state index in [4.69, 9.17) is 5.11 Å². The molecular weight excluding hydrogens is 197 g/mol. The van der Waals surface area contributed by atoms with E-state index in [1.165, 1.54) is 12.1 Å². The molecule has 0 saturated heterocycles. The molecule has 0 spiro atoms. The summed E-state index contributed by atoms with van der Waals surface area (Å²) in [6.07, 6.45) is 0.745. The van der Waals surface area contributed by atoms with Crippen molar-refractivity contribution in [2.24, 2.45) is 0 Å². The number of hydrogen-bond acceptors (Lipinski definition) is 2. The summed E-state index contributed by atoms with van der Waals surface area (Å²) in [4.78, 5) is 12.2. The minimum absolute atomic E-state index is 0.158. The van der Waals surface area contributed by atoms with Crippen LogP contribution in [0.25, 0.3) is 0 Å². The molecule has 0 bridgehead atoms. The molecular formula is C11H14FNO2. The minimum atomic E-state index is -0.789. The number of benzene rings is 1. The monoisotopic (exact) mass is 211 g/mol. The fourth-order valence-electron chi connectivity index (χ4n) is 1.29. The van der Waals surface area contributed by atoms with E-state index in [0.717, 1.165) is 5.69 Å². The van der Waals surface area contributed by atoms with Crippen molar-refractivity contribution in [2.75, 3.05) is 18.5 Å². The van der Waals surface area contributed by atoms with Gasteiger partial charge in [-0.25, -0.2) is 4.39 Å². The summed E-state index contributed by atoms with van der Waals surface area (Å²) in [5, 5.41) is 8.47. The summed E-state index contributed by atoms with van der Waals surface area (Å²) in [5.74, 6) is -1.06. The second-order valence-electron chi connectivity index (χ2n) is 3.40. The number of aliphatic carboxylic acids is 1. The molecule has 0 aliphatic heterocycles. The lowest BCUT2D eigenvalue weighted by Gasteiger charge is -2.18. The highest BCUT2D eigenvalue weighted by Crippen LogP contribution is 2.13. The Bertz CT molecular complexity index is 324. The third-order valence-corrected chi connectivity index (χ3v) is 2.15. The predicted octanol–water partition coefficient (Wildman–Crippen LogP) is 2.13. The molecule has 0 saturated carbocycles. The van der Waals surface area contributed by atoms with Crippen LogP contribution in [-0.2, 0) is 4.79 Å². The van der Waals surface area contributed by atoms with Crippen LogP contribution >= 0.6 is 0 Å². The van der Waals surface area contributed by atoms with Crippen LogP contribution in [0.15, 0.2) is 24.3 Å². The highest BCUT2D eigenvalue weighted by molar-refractivity contribution is 5.66. The predicted molar refractivity (Wildman–Crippen MR) is 56.5 cm³/mol. The van der Waals surface area contributed by atoms with Crippen molar-refractivity contribution in [3.8, 4) is 0 Å². The zero-order valence-electron chi connectivity index (χ0n) is 8.61. The van der Waals surface area contributed by atoms with E-state index >= 15 is 0 Å². The summed E-state index contributed by atoms with van der Waals surface area (Å²) >= 11 is 0. The van der Waals surface area contributed by atoms with Gasteiger partial charge in [0.2, 0.25) is 0 Å². The zero-order valence-corrected chi connectivity index (χ0v) is 8.61. The first-order valence-corrected chi connectivity index (χ1v) is 4.78. The number of hydrogen-bond donors (Lipinski definition) is 1. The van der Waals surface area contributed by atoms with E-state index in [1.54, 1.807) is 12.1 Å². The van der Waals surface area contributed by atoms with Gasteiger partial charge in [-0.15, -0.1) is 0 Å². The molecule has 4 heteroatoms. The van der Waals surface area contributed by atoms with Crippen LogP contribution in [-0.4, -0.2) is 24.7 Å². The molecule has 1 aromatic carbocycles. The maximum atomic E-state index is 12.6. The van der Waals surface area contributed by atoms with Gasteiger partial charge in [0.05, 0.1) is 0 Å². The summed E-state index contributed by atoms with van der Waals surface area (Å²) < 4.78 is 12.6. The van der Waals surface area contributed by atoms with E-state index in [0.29, 0.717) is 13.0 Å².